The van der Waals surface area contributed by atoms with Crippen molar-refractivity contribution in [3.05, 3.63) is 28.2 Å². The predicted molar refractivity (Wildman–Crippen MR) is 79.6 cm³/mol. The highest BCUT2D eigenvalue weighted by molar-refractivity contribution is 7.99. The van der Waals surface area contributed by atoms with Crippen LogP contribution in [-0.4, -0.2) is 17.5 Å². The average Bonchev–Trinajstić information content (AvgIpc) is 2.24. The van der Waals surface area contributed by atoms with Gasteiger partial charge in [0, 0.05) is 16.8 Å². The van der Waals surface area contributed by atoms with Crippen LogP contribution >= 0.6 is 35.0 Å². The molecule has 2 rings (SSSR count). The van der Waals surface area contributed by atoms with E-state index in [0.717, 1.165) is 11.4 Å². The van der Waals surface area contributed by atoms with Gasteiger partial charge in [-0.1, -0.05) is 37.0 Å². The quantitative estimate of drug-likeness (QED) is 0.828. The van der Waals surface area contributed by atoms with E-state index in [2.05, 4.69) is 19.2 Å². The third kappa shape index (κ3) is 3.24. The number of thioether (sulfide) groups is 1. The Morgan fingerprint density at radius 2 is 2.12 bits per heavy atom. The highest BCUT2D eigenvalue weighted by Crippen LogP contribution is 2.37. The fraction of sp³-hybridized carbons (Fsp3) is 0.538. The number of nitrogens with one attached hydrogen (secondary N) is 1. The van der Waals surface area contributed by atoms with Gasteiger partial charge < -0.3 is 5.32 Å². The Labute approximate surface area is 117 Å². The first-order valence-electron chi connectivity index (χ1n) is 5.78. The molecule has 0 saturated carbocycles. The number of anilines is 1. The normalized spacial score (nSPS) is 23.4. The third-order valence-corrected chi connectivity index (χ3v) is 4.99. The molecule has 0 aliphatic carbocycles. The molecule has 1 aromatic carbocycles. The summed E-state index contributed by atoms with van der Waals surface area (Å²) in [7, 11) is 0. The van der Waals surface area contributed by atoms with Crippen LogP contribution in [0.1, 0.15) is 20.3 Å². The lowest BCUT2D eigenvalue weighted by Gasteiger charge is -2.39. The first kappa shape index (κ1) is 13.4. The molecule has 1 N–H and O–H groups in total. The zero-order valence-electron chi connectivity index (χ0n) is 10.1. The summed E-state index contributed by atoms with van der Waals surface area (Å²) in [5.41, 5.74) is 1.30. The maximum absolute atomic E-state index is 6.19. The molecule has 1 atom stereocenters. The van der Waals surface area contributed by atoms with Gasteiger partial charge in [-0.25, -0.2) is 0 Å². The van der Waals surface area contributed by atoms with Crippen LogP contribution < -0.4 is 5.32 Å². The van der Waals surface area contributed by atoms with Gasteiger partial charge >= 0.3 is 0 Å². The van der Waals surface area contributed by atoms with Crippen molar-refractivity contribution in [2.75, 3.05) is 16.8 Å². The summed E-state index contributed by atoms with van der Waals surface area (Å²) in [4.78, 5) is 0. The van der Waals surface area contributed by atoms with Gasteiger partial charge in [0.15, 0.2) is 0 Å². The zero-order chi connectivity index (χ0) is 12.5. The van der Waals surface area contributed by atoms with Crippen LogP contribution in [0.2, 0.25) is 10.0 Å². The molecule has 4 heteroatoms. The number of rotatable bonds is 2. The molecule has 0 bridgehead atoms. The van der Waals surface area contributed by atoms with Crippen molar-refractivity contribution in [1.82, 2.24) is 0 Å². The summed E-state index contributed by atoms with van der Waals surface area (Å²) in [6.45, 7) is 4.63. The Balaban J connectivity index is 2.14. The summed E-state index contributed by atoms with van der Waals surface area (Å²) in [5.74, 6) is 2.38. The van der Waals surface area contributed by atoms with Gasteiger partial charge in [-0.2, -0.15) is 11.8 Å². The van der Waals surface area contributed by atoms with Crippen LogP contribution in [0.3, 0.4) is 0 Å². The van der Waals surface area contributed by atoms with Crippen molar-refractivity contribution in [3.8, 4) is 0 Å². The number of benzene rings is 1. The summed E-state index contributed by atoms with van der Waals surface area (Å²) in [5, 5.41) is 4.93. The van der Waals surface area contributed by atoms with E-state index >= 15 is 0 Å². The van der Waals surface area contributed by atoms with Crippen molar-refractivity contribution in [2.45, 2.75) is 26.3 Å². The first-order chi connectivity index (χ1) is 7.99. The molecule has 0 aromatic heterocycles. The fourth-order valence-corrected chi connectivity index (χ4v) is 4.04. The first-order valence-corrected chi connectivity index (χ1v) is 7.69. The Morgan fingerprint density at radius 3 is 2.76 bits per heavy atom. The molecule has 1 fully saturated rings. The van der Waals surface area contributed by atoms with Gasteiger partial charge in [0.05, 0.1) is 10.7 Å². The van der Waals surface area contributed by atoms with Gasteiger partial charge in [0.25, 0.3) is 0 Å². The van der Waals surface area contributed by atoms with E-state index in [1.807, 2.05) is 23.9 Å². The second-order valence-corrected chi connectivity index (χ2v) is 7.13. The van der Waals surface area contributed by atoms with E-state index in [1.54, 1.807) is 6.07 Å². The Bertz CT molecular complexity index is 406. The second kappa shape index (κ2) is 5.29. The lowest BCUT2D eigenvalue weighted by atomic mass is 9.82. The number of halogens is 2. The molecule has 1 unspecified atom stereocenters. The van der Waals surface area contributed by atoms with Crippen molar-refractivity contribution in [2.24, 2.45) is 5.41 Å². The zero-order valence-corrected chi connectivity index (χ0v) is 12.4. The molecule has 1 aliphatic heterocycles. The largest absolute Gasteiger partial charge is 0.380 e. The van der Waals surface area contributed by atoms with Crippen LogP contribution in [0.25, 0.3) is 0 Å². The molecule has 1 aliphatic rings. The van der Waals surface area contributed by atoms with Crippen molar-refractivity contribution >= 4 is 40.7 Å². The second-order valence-electron chi connectivity index (χ2n) is 5.13. The van der Waals surface area contributed by atoms with Gasteiger partial charge in [-0.05, 0) is 35.8 Å². The van der Waals surface area contributed by atoms with E-state index in [1.165, 1.54) is 12.2 Å². The molecule has 1 nitrogen and oxygen atoms in total. The van der Waals surface area contributed by atoms with E-state index < -0.39 is 0 Å². The minimum atomic E-state index is 0.314. The molecular weight excluding hydrogens is 273 g/mol. The van der Waals surface area contributed by atoms with Crippen molar-refractivity contribution in [1.29, 1.82) is 0 Å². The predicted octanol–water partition coefficient (Wildman–Crippen LogP) is 4.94. The van der Waals surface area contributed by atoms with Crippen molar-refractivity contribution < 1.29 is 0 Å². The van der Waals surface area contributed by atoms with Gasteiger partial charge in [0.1, 0.15) is 0 Å². The SMILES string of the molecule is CC1(C)CCSCC1Nc1ccc(Cl)cc1Cl. The summed E-state index contributed by atoms with van der Waals surface area (Å²) >= 11 is 14.1. The van der Waals surface area contributed by atoms with Gasteiger partial charge in [-0.15, -0.1) is 0 Å². The molecule has 94 valence electrons. The third-order valence-electron chi connectivity index (χ3n) is 3.38. The lowest BCUT2D eigenvalue weighted by Crippen LogP contribution is -2.41. The van der Waals surface area contributed by atoms with E-state index in [-0.39, 0.29) is 0 Å². The summed E-state index contributed by atoms with van der Waals surface area (Å²) in [6.07, 6.45) is 1.24. The smallest absolute Gasteiger partial charge is 0.0652 e. The molecule has 0 radical (unpaired) electrons. The minimum Gasteiger partial charge on any atom is -0.380 e. The van der Waals surface area contributed by atoms with E-state index in [0.29, 0.717) is 21.5 Å². The molecule has 0 amide bonds. The maximum Gasteiger partial charge on any atom is 0.0652 e. The van der Waals surface area contributed by atoms with Crippen LogP contribution in [-0.2, 0) is 0 Å². The van der Waals surface area contributed by atoms with Gasteiger partial charge in [-0.3, -0.25) is 0 Å². The maximum atomic E-state index is 6.19. The summed E-state index contributed by atoms with van der Waals surface area (Å²) < 4.78 is 0. The number of hydrogen-bond donors (Lipinski definition) is 1. The molecule has 0 spiro atoms. The monoisotopic (exact) mass is 289 g/mol. The summed E-state index contributed by atoms with van der Waals surface area (Å²) in [6, 6.07) is 6.08. The number of hydrogen-bond acceptors (Lipinski definition) is 2. The Morgan fingerprint density at radius 1 is 1.35 bits per heavy atom. The van der Waals surface area contributed by atoms with Crippen LogP contribution in [0, 0.1) is 5.41 Å². The topological polar surface area (TPSA) is 12.0 Å². The molecule has 1 heterocycles. The molecule has 17 heavy (non-hydrogen) atoms. The van der Waals surface area contributed by atoms with Crippen LogP contribution in [0.15, 0.2) is 18.2 Å². The minimum absolute atomic E-state index is 0.314. The lowest BCUT2D eigenvalue weighted by molar-refractivity contribution is 0.305. The van der Waals surface area contributed by atoms with Crippen LogP contribution in [0.4, 0.5) is 5.69 Å². The fourth-order valence-electron chi connectivity index (χ4n) is 1.97. The Hall–Kier alpha value is -0.0500. The standard InChI is InChI=1S/C13H17Cl2NS/c1-13(2)5-6-17-8-12(13)16-11-4-3-9(14)7-10(11)15/h3-4,7,12,16H,5-6,8H2,1-2H3. The Kier molecular flexibility index (Phi) is 4.17. The van der Waals surface area contributed by atoms with E-state index in [4.69, 9.17) is 23.2 Å². The highest BCUT2D eigenvalue weighted by Gasteiger charge is 2.32. The van der Waals surface area contributed by atoms with Crippen LogP contribution in [0.5, 0.6) is 0 Å². The molecule has 1 aromatic rings. The van der Waals surface area contributed by atoms with Gasteiger partial charge in [0.2, 0.25) is 0 Å². The molecular formula is C13H17Cl2NS. The molecule has 1 saturated heterocycles. The average molecular weight is 290 g/mol. The highest BCUT2D eigenvalue weighted by atomic mass is 35.5. The van der Waals surface area contributed by atoms with E-state index in [9.17, 15) is 0 Å². The van der Waals surface area contributed by atoms with Crippen molar-refractivity contribution in [3.63, 3.8) is 0 Å².